The van der Waals surface area contributed by atoms with Crippen molar-refractivity contribution < 1.29 is 49.5 Å². The van der Waals surface area contributed by atoms with Gasteiger partial charge in [0.1, 0.15) is 0 Å². The third kappa shape index (κ3) is 15.7. The number of furan rings is 1. The SMILES string of the molecule is O=[Si](O)O.[H-].[Na+].c1ccoc1. The zero-order valence-electron chi connectivity index (χ0n) is 6.52. The Balaban J connectivity index is -0.000000101. The predicted molar refractivity (Wildman–Crippen MR) is 30.7 cm³/mol. The van der Waals surface area contributed by atoms with Gasteiger partial charge in [0.05, 0.1) is 12.5 Å². The van der Waals surface area contributed by atoms with Gasteiger partial charge >= 0.3 is 38.7 Å². The van der Waals surface area contributed by atoms with Crippen molar-refractivity contribution in [3.8, 4) is 0 Å². The molecule has 0 saturated heterocycles. The fraction of sp³-hybridized carbons (Fsp3) is 0. The maximum Gasteiger partial charge on any atom is 1.00 e. The topological polar surface area (TPSA) is 70.7 Å². The minimum Gasteiger partial charge on any atom is -1.00 e. The van der Waals surface area contributed by atoms with E-state index in [1.54, 1.807) is 12.5 Å². The Kier molecular flexibility index (Phi) is 11.2. The monoisotopic (exact) mass is 170 g/mol. The molecule has 0 unspecified atom stereocenters. The second kappa shape index (κ2) is 8.90. The standard InChI is InChI=1S/C4H4O.Na.H2O3Si.H/c1-2-4-5-3-1;;1-4(2)3;/h1-4H;;1-2H;/q;+1;;-1. The first-order chi connectivity index (χ1) is 4.23. The third-order valence-corrected chi connectivity index (χ3v) is 0.425. The van der Waals surface area contributed by atoms with E-state index in [1.165, 1.54) is 0 Å². The van der Waals surface area contributed by atoms with Crippen LogP contribution in [0, 0.1) is 0 Å². The smallest absolute Gasteiger partial charge is 1.00 e. The molecule has 0 aliphatic carbocycles. The first kappa shape index (κ1) is 12.6. The number of hydrogen-bond donors (Lipinski definition) is 2. The fourth-order valence-electron chi connectivity index (χ4n) is 0.227. The molecule has 0 atom stereocenters. The summed E-state index contributed by atoms with van der Waals surface area (Å²) in [6.45, 7) is 0. The molecule has 0 aromatic carbocycles. The van der Waals surface area contributed by atoms with E-state index >= 15 is 0 Å². The van der Waals surface area contributed by atoms with E-state index in [2.05, 4.69) is 4.42 Å². The molecule has 10 heavy (non-hydrogen) atoms. The first-order valence-electron chi connectivity index (χ1n) is 2.12. The predicted octanol–water partition coefficient (Wildman–Crippen LogP) is -3.22. The molecule has 0 bridgehead atoms. The number of rotatable bonds is 0. The Bertz CT molecular complexity index is 136. The summed E-state index contributed by atoms with van der Waals surface area (Å²) in [5.41, 5.74) is 0. The van der Waals surface area contributed by atoms with Crippen molar-refractivity contribution in [2.24, 2.45) is 0 Å². The molecule has 1 rings (SSSR count). The molecular formula is C4H7NaO4Si. The van der Waals surface area contributed by atoms with E-state index in [-0.39, 0.29) is 31.0 Å². The maximum absolute atomic E-state index is 8.74. The molecule has 0 aliphatic heterocycles. The van der Waals surface area contributed by atoms with Crippen LogP contribution in [-0.2, 0) is 4.46 Å². The van der Waals surface area contributed by atoms with Gasteiger partial charge in [-0.2, -0.15) is 0 Å². The van der Waals surface area contributed by atoms with Crippen LogP contribution in [0.2, 0.25) is 0 Å². The molecule has 0 fully saturated rings. The van der Waals surface area contributed by atoms with Crippen LogP contribution in [-0.4, -0.2) is 18.8 Å². The Labute approximate surface area is 83.2 Å². The summed E-state index contributed by atoms with van der Waals surface area (Å²) in [4.78, 5) is 14.3. The molecule has 1 aromatic heterocycles. The van der Waals surface area contributed by atoms with Crippen LogP contribution in [0.3, 0.4) is 0 Å². The van der Waals surface area contributed by atoms with Crippen LogP contribution in [0.15, 0.2) is 29.1 Å². The van der Waals surface area contributed by atoms with E-state index in [4.69, 9.17) is 14.1 Å². The second-order valence-electron chi connectivity index (χ2n) is 1.08. The van der Waals surface area contributed by atoms with Gasteiger partial charge in [-0.15, -0.1) is 0 Å². The summed E-state index contributed by atoms with van der Waals surface area (Å²) in [6, 6.07) is 3.67. The largest absolute Gasteiger partial charge is 1.00 e. The molecule has 0 saturated carbocycles. The van der Waals surface area contributed by atoms with Crippen LogP contribution in [0.4, 0.5) is 0 Å². The van der Waals surface area contributed by atoms with Gasteiger partial charge in [0.15, 0.2) is 0 Å². The van der Waals surface area contributed by atoms with Gasteiger partial charge in [-0.3, -0.25) is 4.46 Å². The molecule has 52 valence electrons. The van der Waals surface area contributed by atoms with Crippen molar-refractivity contribution in [3.63, 3.8) is 0 Å². The van der Waals surface area contributed by atoms with E-state index in [0.29, 0.717) is 0 Å². The van der Waals surface area contributed by atoms with E-state index < -0.39 is 9.17 Å². The zero-order chi connectivity index (χ0) is 7.11. The zero-order valence-corrected chi connectivity index (χ0v) is 8.52. The maximum atomic E-state index is 8.74. The second-order valence-corrected chi connectivity index (χ2v) is 1.64. The van der Waals surface area contributed by atoms with Crippen molar-refractivity contribution in [2.75, 3.05) is 0 Å². The normalized spacial score (nSPS) is 6.40. The summed E-state index contributed by atoms with van der Waals surface area (Å²) in [6.07, 6.45) is 3.25. The third-order valence-electron chi connectivity index (χ3n) is 0.425. The molecule has 6 heteroatoms. The molecular weight excluding hydrogens is 163 g/mol. The molecule has 0 amide bonds. The van der Waals surface area contributed by atoms with Gasteiger partial charge in [0, 0.05) is 0 Å². The first-order valence-corrected chi connectivity index (χ1v) is 3.43. The summed E-state index contributed by atoms with van der Waals surface area (Å²) >= 11 is 0. The van der Waals surface area contributed by atoms with Gasteiger partial charge in [0.2, 0.25) is 0 Å². The quantitative estimate of drug-likeness (QED) is 0.402. The van der Waals surface area contributed by atoms with Crippen molar-refractivity contribution in [2.45, 2.75) is 0 Å². The van der Waals surface area contributed by atoms with Gasteiger partial charge < -0.3 is 15.4 Å². The molecule has 4 nitrogen and oxygen atoms in total. The average Bonchev–Trinajstić information content (AvgIpc) is 2.11. The molecule has 0 spiro atoms. The minimum atomic E-state index is -3.13. The van der Waals surface area contributed by atoms with Crippen LogP contribution in [0.1, 0.15) is 1.43 Å². The summed E-state index contributed by atoms with van der Waals surface area (Å²) in [5, 5.41) is 0. The summed E-state index contributed by atoms with van der Waals surface area (Å²) in [7, 11) is -3.13. The molecule has 1 heterocycles. The molecule has 0 aliphatic rings. The summed E-state index contributed by atoms with van der Waals surface area (Å²) < 4.78 is 13.3. The van der Waals surface area contributed by atoms with Crippen LogP contribution in [0.25, 0.3) is 0 Å². The van der Waals surface area contributed by atoms with Gasteiger partial charge in [-0.05, 0) is 12.1 Å². The van der Waals surface area contributed by atoms with Crippen LogP contribution < -0.4 is 29.6 Å². The van der Waals surface area contributed by atoms with Gasteiger partial charge in [0.25, 0.3) is 0 Å². The van der Waals surface area contributed by atoms with Crippen molar-refractivity contribution >= 4 is 9.17 Å². The van der Waals surface area contributed by atoms with Crippen molar-refractivity contribution in [1.29, 1.82) is 0 Å². The number of hydrogen-bond acceptors (Lipinski definition) is 2. The van der Waals surface area contributed by atoms with Gasteiger partial charge in [-0.25, -0.2) is 0 Å². The fourth-order valence-corrected chi connectivity index (χ4v) is 0.227. The Morgan fingerprint density at radius 1 is 1.30 bits per heavy atom. The van der Waals surface area contributed by atoms with E-state index in [9.17, 15) is 0 Å². The Hall–Kier alpha value is -0.103. The van der Waals surface area contributed by atoms with Crippen LogP contribution >= 0.6 is 0 Å². The Morgan fingerprint density at radius 2 is 1.60 bits per heavy atom. The van der Waals surface area contributed by atoms with E-state index in [1.807, 2.05) is 12.1 Å². The molecule has 1 aromatic rings. The minimum absolute atomic E-state index is 0. The average molecular weight is 170 g/mol. The Morgan fingerprint density at radius 3 is 1.70 bits per heavy atom. The van der Waals surface area contributed by atoms with Crippen molar-refractivity contribution in [1.82, 2.24) is 0 Å². The molecule has 0 radical (unpaired) electrons. The van der Waals surface area contributed by atoms with E-state index in [0.717, 1.165) is 0 Å². The van der Waals surface area contributed by atoms with Crippen LogP contribution in [0.5, 0.6) is 0 Å². The van der Waals surface area contributed by atoms with Gasteiger partial charge in [-0.1, -0.05) is 0 Å². The van der Waals surface area contributed by atoms with Crippen molar-refractivity contribution in [3.05, 3.63) is 24.7 Å². The summed E-state index contributed by atoms with van der Waals surface area (Å²) in [5.74, 6) is 0. The molecule has 2 N–H and O–H groups in total.